The van der Waals surface area contributed by atoms with Crippen LogP contribution in [0.1, 0.15) is 65.3 Å². The molecular weight excluding hydrogens is 342 g/mol. The van der Waals surface area contributed by atoms with Gasteiger partial charge in [0.2, 0.25) is 0 Å². The highest BCUT2D eigenvalue weighted by atomic mass is 16.2. The van der Waals surface area contributed by atoms with Gasteiger partial charge in [0.25, 0.3) is 11.8 Å². The van der Waals surface area contributed by atoms with E-state index in [4.69, 9.17) is 0 Å². The van der Waals surface area contributed by atoms with Crippen molar-refractivity contribution in [1.82, 2.24) is 25.6 Å². The third-order valence-corrected chi connectivity index (χ3v) is 5.73. The molecule has 2 aromatic rings. The van der Waals surface area contributed by atoms with Crippen molar-refractivity contribution in [2.45, 2.75) is 56.5 Å². The Kier molecular flexibility index (Phi) is 4.37. The van der Waals surface area contributed by atoms with E-state index in [0.29, 0.717) is 17.2 Å². The van der Waals surface area contributed by atoms with E-state index >= 15 is 0 Å². The first-order chi connectivity index (χ1) is 13.0. The van der Waals surface area contributed by atoms with Crippen molar-refractivity contribution < 1.29 is 9.59 Å². The summed E-state index contributed by atoms with van der Waals surface area (Å²) in [4.78, 5) is 37.7. The lowest BCUT2D eigenvalue weighted by Crippen LogP contribution is -2.55. The number of aryl methyl sites for hydroxylation is 1. The van der Waals surface area contributed by atoms with Crippen LogP contribution in [0.3, 0.4) is 0 Å². The van der Waals surface area contributed by atoms with E-state index in [1.807, 2.05) is 6.07 Å². The highest BCUT2D eigenvalue weighted by molar-refractivity contribution is 5.93. The van der Waals surface area contributed by atoms with E-state index in [0.717, 1.165) is 38.5 Å². The number of nitrogens with zero attached hydrogens (tertiary/aromatic N) is 3. The Balaban J connectivity index is 1.48. The Hall–Kier alpha value is -2.83. The molecule has 2 heterocycles. The fraction of sp³-hybridized carbons (Fsp3) is 0.450. The van der Waals surface area contributed by atoms with Crippen LogP contribution in [0.15, 0.2) is 36.7 Å². The fourth-order valence-electron chi connectivity index (χ4n) is 4.52. The topological polar surface area (TPSA) is 96.9 Å². The molecule has 2 aliphatic carbocycles. The number of nitrogens with one attached hydrogen (secondary N) is 2. The van der Waals surface area contributed by atoms with Gasteiger partial charge in [-0.2, -0.15) is 0 Å². The molecule has 0 unspecified atom stereocenters. The van der Waals surface area contributed by atoms with Gasteiger partial charge >= 0.3 is 0 Å². The molecule has 0 aromatic carbocycles. The number of hydrogen-bond donors (Lipinski definition) is 2. The third kappa shape index (κ3) is 3.54. The average Bonchev–Trinajstić information content (AvgIpc) is 2.92. The SMILES string of the molecule is Cc1nccc(C(=O)N[C@]23CCC[C@](NC(=O)c4ccccn4)(CC2)C3)n1. The van der Waals surface area contributed by atoms with Crippen molar-refractivity contribution >= 4 is 11.8 Å². The van der Waals surface area contributed by atoms with Gasteiger partial charge in [0, 0.05) is 23.5 Å². The number of rotatable bonds is 4. The summed E-state index contributed by atoms with van der Waals surface area (Å²) < 4.78 is 0. The molecule has 140 valence electrons. The summed E-state index contributed by atoms with van der Waals surface area (Å²) in [6.45, 7) is 1.77. The van der Waals surface area contributed by atoms with Crippen molar-refractivity contribution in [3.8, 4) is 0 Å². The van der Waals surface area contributed by atoms with Crippen molar-refractivity contribution in [3.63, 3.8) is 0 Å². The van der Waals surface area contributed by atoms with Gasteiger partial charge < -0.3 is 10.6 Å². The van der Waals surface area contributed by atoms with Crippen molar-refractivity contribution in [2.24, 2.45) is 0 Å². The second-order valence-electron chi connectivity index (χ2n) is 7.70. The fourth-order valence-corrected chi connectivity index (χ4v) is 4.52. The van der Waals surface area contributed by atoms with Gasteiger partial charge in [0.05, 0.1) is 0 Å². The normalized spacial score (nSPS) is 26.4. The molecule has 4 rings (SSSR count). The summed E-state index contributed by atoms with van der Waals surface area (Å²) in [5.74, 6) is 0.257. The van der Waals surface area contributed by atoms with E-state index in [-0.39, 0.29) is 22.9 Å². The molecule has 2 bridgehead atoms. The van der Waals surface area contributed by atoms with Crippen molar-refractivity contribution in [3.05, 3.63) is 53.9 Å². The van der Waals surface area contributed by atoms with Crippen LogP contribution in [0.4, 0.5) is 0 Å². The molecule has 2 saturated carbocycles. The molecule has 2 N–H and O–H groups in total. The molecular formula is C20H23N5O2. The third-order valence-electron chi connectivity index (χ3n) is 5.73. The summed E-state index contributed by atoms with van der Waals surface area (Å²) in [7, 11) is 0. The Morgan fingerprint density at radius 1 is 0.889 bits per heavy atom. The first kappa shape index (κ1) is 17.6. The number of hydrogen-bond acceptors (Lipinski definition) is 5. The van der Waals surface area contributed by atoms with Gasteiger partial charge in [0.15, 0.2) is 0 Å². The van der Waals surface area contributed by atoms with Crippen LogP contribution in [-0.4, -0.2) is 37.8 Å². The van der Waals surface area contributed by atoms with Crippen LogP contribution >= 0.6 is 0 Å². The number of aromatic nitrogens is 3. The summed E-state index contributed by atoms with van der Waals surface area (Å²) in [5.41, 5.74) is 0.251. The van der Waals surface area contributed by atoms with Gasteiger partial charge in [-0.1, -0.05) is 6.07 Å². The van der Waals surface area contributed by atoms with Gasteiger partial charge in [-0.15, -0.1) is 0 Å². The molecule has 2 aliphatic rings. The smallest absolute Gasteiger partial charge is 0.270 e. The van der Waals surface area contributed by atoms with E-state index in [2.05, 4.69) is 25.6 Å². The lowest BCUT2D eigenvalue weighted by atomic mass is 9.78. The lowest BCUT2D eigenvalue weighted by Gasteiger charge is -2.40. The minimum atomic E-state index is -0.286. The predicted molar refractivity (Wildman–Crippen MR) is 99.1 cm³/mol. The van der Waals surface area contributed by atoms with Crippen molar-refractivity contribution in [2.75, 3.05) is 0 Å². The molecule has 0 radical (unpaired) electrons. The maximum atomic E-state index is 12.7. The molecule has 0 saturated heterocycles. The van der Waals surface area contributed by atoms with E-state index in [1.165, 1.54) is 0 Å². The Morgan fingerprint density at radius 2 is 1.59 bits per heavy atom. The van der Waals surface area contributed by atoms with Crippen LogP contribution in [0.25, 0.3) is 0 Å². The zero-order valence-corrected chi connectivity index (χ0v) is 15.4. The molecule has 2 amide bonds. The number of amides is 2. The summed E-state index contributed by atoms with van der Waals surface area (Å²) >= 11 is 0. The first-order valence-corrected chi connectivity index (χ1v) is 9.35. The van der Waals surface area contributed by atoms with Gasteiger partial charge in [-0.3, -0.25) is 14.6 Å². The molecule has 2 aromatic heterocycles. The van der Waals surface area contributed by atoms with Crippen LogP contribution in [0.2, 0.25) is 0 Å². The minimum Gasteiger partial charge on any atom is -0.345 e. The zero-order valence-electron chi connectivity index (χ0n) is 15.4. The molecule has 0 aliphatic heterocycles. The highest BCUT2D eigenvalue weighted by Crippen LogP contribution is 2.48. The summed E-state index contributed by atoms with van der Waals surface area (Å²) in [6.07, 6.45) is 8.48. The Labute approximate surface area is 158 Å². The number of pyridine rings is 1. The van der Waals surface area contributed by atoms with E-state index in [9.17, 15) is 9.59 Å². The number of fused-ring (bicyclic) bond motifs is 2. The lowest BCUT2D eigenvalue weighted by molar-refractivity contribution is 0.0827. The molecule has 27 heavy (non-hydrogen) atoms. The maximum absolute atomic E-state index is 12.7. The molecule has 7 heteroatoms. The molecule has 0 spiro atoms. The van der Waals surface area contributed by atoms with Crippen LogP contribution in [0.5, 0.6) is 0 Å². The molecule has 2 fully saturated rings. The summed E-state index contributed by atoms with van der Waals surface area (Å²) in [6, 6.07) is 6.95. The monoisotopic (exact) mass is 365 g/mol. The number of carbonyl (C=O) groups is 2. The number of carbonyl (C=O) groups excluding carboxylic acids is 2. The van der Waals surface area contributed by atoms with Crippen LogP contribution in [0, 0.1) is 6.92 Å². The predicted octanol–water partition coefficient (Wildman–Crippen LogP) is 2.19. The second-order valence-corrected chi connectivity index (χ2v) is 7.70. The standard InChI is InChI=1S/C20H23N5O2/c1-14-21-12-6-16(23-14)18(27)25-20-8-4-7-19(13-20,9-10-20)24-17(26)15-5-2-3-11-22-15/h2-3,5-6,11-12H,4,7-10,13H2,1H3,(H,24,26)(H,25,27)/t19-,20+/m0/s1. The van der Waals surface area contributed by atoms with Gasteiger partial charge in [-0.05, 0) is 63.6 Å². The van der Waals surface area contributed by atoms with Gasteiger partial charge in [0.1, 0.15) is 17.2 Å². The van der Waals surface area contributed by atoms with Crippen LogP contribution in [-0.2, 0) is 0 Å². The Morgan fingerprint density at radius 3 is 2.22 bits per heavy atom. The first-order valence-electron chi connectivity index (χ1n) is 9.35. The minimum absolute atomic E-state index is 0.147. The highest BCUT2D eigenvalue weighted by Gasteiger charge is 2.52. The Bertz CT molecular complexity index is 872. The maximum Gasteiger partial charge on any atom is 0.270 e. The molecule has 7 nitrogen and oxygen atoms in total. The average molecular weight is 365 g/mol. The zero-order chi connectivity index (χ0) is 18.9. The largest absolute Gasteiger partial charge is 0.345 e. The van der Waals surface area contributed by atoms with Gasteiger partial charge in [-0.25, -0.2) is 9.97 Å². The van der Waals surface area contributed by atoms with E-state index in [1.54, 1.807) is 37.5 Å². The van der Waals surface area contributed by atoms with Crippen LogP contribution < -0.4 is 10.6 Å². The van der Waals surface area contributed by atoms with E-state index < -0.39 is 0 Å². The second kappa shape index (κ2) is 6.72. The quantitative estimate of drug-likeness (QED) is 0.866. The molecule has 2 atom stereocenters. The van der Waals surface area contributed by atoms with Crippen molar-refractivity contribution in [1.29, 1.82) is 0 Å². The summed E-state index contributed by atoms with van der Waals surface area (Å²) in [5, 5.41) is 6.42.